The maximum absolute atomic E-state index is 12.0. The molecule has 1 aliphatic heterocycles. The van der Waals surface area contributed by atoms with Gasteiger partial charge in [-0.2, -0.15) is 0 Å². The molecule has 1 aromatic heterocycles. The first-order chi connectivity index (χ1) is 11.0. The van der Waals surface area contributed by atoms with E-state index in [9.17, 15) is 14.7 Å². The van der Waals surface area contributed by atoms with Gasteiger partial charge >= 0.3 is 5.97 Å². The fourth-order valence-corrected chi connectivity index (χ4v) is 3.76. The molecule has 1 aliphatic rings. The van der Waals surface area contributed by atoms with E-state index in [-0.39, 0.29) is 12.5 Å². The number of nitrogens with zero attached hydrogens (tertiary/aromatic N) is 1. The van der Waals surface area contributed by atoms with Crippen molar-refractivity contribution in [3.05, 3.63) is 21.9 Å². The van der Waals surface area contributed by atoms with Crippen LogP contribution in [0, 0.1) is 0 Å². The molecule has 0 radical (unpaired) electrons. The zero-order valence-corrected chi connectivity index (χ0v) is 14.4. The van der Waals surface area contributed by atoms with Crippen LogP contribution >= 0.6 is 11.3 Å². The Labute approximate surface area is 140 Å². The maximum Gasteiger partial charge on any atom is 0.331 e. The summed E-state index contributed by atoms with van der Waals surface area (Å²) in [5.74, 6) is -0.999. The normalized spacial score (nSPS) is 17.7. The maximum atomic E-state index is 12.0. The van der Waals surface area contributed by atoms with Crippen LogP contribution in [-0.4, -0.2) is 47.6 Å². The summed E-state index contributed by atoms with van der Waals surface area (Å²) in [5, 5.41) is 13.0. The SMILES string of the molecule is CCOC(=O)C(NC(C)=O)C(O)c1ccc(CN2CCCC2)s1. The van der Waals surface area contributed by atoms with E-state index in [2.05, 4.69) is 10.2 Å². The third-order valence-electron chi connectivity index (χ3n) is 3.77. The summed E-state index contributed by atoms with van der Waals surface area (Å²) in [6.45, 7) is 6.27. The first-order valence-electron chi connectivity index (χ1n) is 7.94. The standard InChI is InChI=1S/C16H24N2O4S/c1-3-22-16(21)14(17-11(2)19)15(20)13-7-6-12(23-13)10-18-8-4-5-9-18/h6-7,14-15,20H,3-5,8-10H2,1-2H3,(H,17,19). The summed E-state index contributed by atoms with van der Waals surface area (Å²) in [4.78, 5) is 27.5. The van der Waals surface area contributed by atoms with E-state index in [1.807, 2.05) is 12.1 Å². The summed E-state index contributed by atoms with van der Waals surface area (Å²) in [6.07, 6.45) is 1.36. The molecule has 23 heavy (non-hydrogen) atoms. The van der Waals surface area contributed by atoms with Gasteiger partial charge in [-0.05, 0) is 45.0 Å². The van der Waals surface area contributed by atoms with Gasteiger partial charge < -0.3 is 15.2 Å². The molecule has 7 heteroatoms. The molecule has 128 valence electrons. The molecule has 1 fully saturated rings. The summed E-state index contributed by atoms with van der Waals surface area (Å²) < 4.78 is 4.94. The Morgan fingerprint density at radius 3 is 2.70 bits per heavy atom. The van der Waals surface area contributed by atoms with Crippen LogP contribution in [-0.2, 0) is 20.9 Å². The third kappa shape index (κ3) is 5.02. The van der Waals surface area contributed by atoms with E-state index in [1.165, 1.54) is 31.1 Å². The Kier molecular flexibility index (Phi) is 6.56. The highest BCUT2D eigenvalue weighted by Gasteiger charge is 2.31. The van der Waals surface area contributed by atoms with Crippen LogP contribution in [0.15, 0.2) is 12.1 Å². The van der Waals surface area contributed by atoms with Gasteiger partial charge in [0, 0.05) is 23.2 Å². The van der Waals surface area contributed by atoms with E-state index in [0.29, 0.717) is 4.88 Å². The largest absolute Gasteiger partial charge is 0.464 e. The highest BCUT2D eigenvalue weighted by Crippen LogP contribution is 2.28. The minimum absolute atomic E-state index is 0.201. The number of carbonyl (C=O) groups excluding carboxylic acids is 2. The van der Waals surface area contributed by atoms with Crippen LogP contribution < -0.4 is 5.32 Å². The molecule has 1 aromatic rings. The molecule has 0 aromatic carbocycles. The van der Waals surface area contributed by atoms with Crippen molar-refractivity contribution in [1.29, 1.82) is 0 Å². The third-order valence-corrected chi connectivity index (χ3v) is 4.91. The second-order valence-electron chi connectivity index (χ2n) is 5.66. The van der Waals surface area contributed by atoms with Crippen molar-refractivity contribution in [1.82, 2.24) is 10.2 Å². The second kappa shape index (κ2) is 8.42. The molecule has 0 spiro atoms. The van der Waals surface area contributed by atoms with Gasteiger partial charge in [-0.15, -0.1) is 11.3 Å². The smallest absolute Gasteiger partial charge is 0.331 e. The van der Waals surface area contributed by atoms with Gasteiger partial charge in [0.1, 0.15) is 6.10 Å². The lowest BCUT2D eigenvalue weighted by Crippen LogP contribution is -2.44. The highest BCUT2D eigenvalue weighted by atomic mass is 32.1. The van der Waals surface area contributed by atoms with Crippen LogP contribution in [0.3, 0.4) is 0 Å². The monoisotopic (exact) mass is 340 g/mol. The minimum Gasteiger partial charge on any atom is -0.464 e. The van der Waals surface area contributed by atoms with E-state index in [4.69, 9.17) is 4.74 Å². The number of thiophene rings is 1. The van der Waals surface area contributed by atoms with Crippen LogP contribution in [0.2, 0.25) is 0 Å². The molecule has 2 atom stereocenters. The number of hydrogen-bond acceptors (Lipinski definition) is 6. The quantitative estimate of drug-likeness (QED) is 0.735. The zero-order valence-electron chi connectivity index (χ0n) is 13.6. The molecular weight excluding hydrogens is 316 g/mol. The number of likely N-dealkylation sites (tertiary alicyclic amines) is 1. The predicted molar refractivity (Wildman–Crippen MR) is 88.0 cm³/mol. The van der Waals surface area contributed by atoms with Crippen LogP contribution in [0.5, 0.6) is 0 Å². The molecule has 1 saturated heterocycles. The minimum atomic E-state index is -1.10. The van der Waals surface area contributed by atoms with E-state index in [0.717, 1.165) is 24.5 Å². The molecule has 2 unspecified atom stereocenters. The number of amides is 1. The average Bonchev–Trinajstić information content (AvgIpc) is 3.16. The first kappa shape index (κ1) is 17.9. The lowest BCUT2D eigenvalue weighted by molar-refractivity contribution is -0.150. The van der Waals surface area contributed by atoms with Crippen molar-refractivity contribution in [2.45, 2.75) is 45.4 Å². The topological polar surface area (TPSA) is 78.9 Å². The molecular formula is C16H24N2O4S. The van der Waals surface area contributed by atoms with Gasteiger partial charge in [0.25, 0.3) is 0 Å². The van der Waals surface area contributed by atoms with E-state index >= 15 is 0 Å². The molecule has 0 aliphatic carbocycles. The average molecular weight is 340 g/mol. The van der Waals surface area contributed by atoms with Crippen molar-refractivity contribution in [3.63, 3.8) is 0 Å². The predicted octanol–water partition coefficient (Wildman–Crippen LogP) is 1.45. The second-order valence-corrected chi connectivity index (χ2v) is 6.86. The van der Waals surface area contributed by atoms with Crippen LogP contribution in [0.1, 0.15) is 42.5 Å². The van der Waals surface area contributed by atoms with Gasteiger partial charge in [-0.1, -0.05) is 0 Å². The van der Waals surface area contributed by atoms with Crippen LogP contribution in [0.4, 0.5) is 0 Å². The lowest BCUT2D eigenvalue weighted by atomic mass is 10.1. The van der Waals surface area contributed by atoms with Crippen molar-refractivity contribution < 1.29 is 19.4 Å². The van der Waals surface area contributed by atoms with Gasteiger partial charge in [0.2, 0.25) is 5.91 Å². The summed E-state index contributed by atoms with van der Waals surface area (Å²) in [6, 6.07) is 2.71. The molecule has 0 saturated carbocycles. The number of carbonyl (C=O) groups is 2. The molecule has 6 nitrogen and oxygen atoms in total. The van der Waals surface area contributed by atoms with Crippen molar-refractivity contribution in [3.8, 4) is 0 Å². The van der Waals surface area contributed by atoms with Crippen molar-refractivity contribution in [2.75, 3.05) is 19.7 Å². The summed E-state index contributed by atoms with van der Waals surface area (Å²) >= 11 is 1.47. The number of esters is 1. The van der Waals surface area contributed by atoms with Gasteiger partial charge in [0.15, 0.2) is 6.04 Å². The fraction of sp³-hybridized carbons (Fsp3) is 0.625. The first-order valence-corrected chi connectivity index (χ1v) is 8.75. The Morgan fingerprint density at radius 1 is 1.39 bits per heavy atom. The number of ether oxygens (including phenoxy) is 1. The number of rotatable bonds is 7. The Bertz CT molecular complexity index is 540. The van der Waals surface area contributed by atoms with Crippen molar-refractivity contribution >= 4 is 23.2 Å². The van der Waals surface area contributed by atoms with Gasteiger partial charge in [-0.3, -0.25) is 9.69 Å². The molecule has 1 amide bonds. The Morgan fingerprint density at radius 2 is 2.09 bits per heavy atom. The Hall–Kier alpha value is -1.44. The van der Waals surface area contributed by atoms with E-state index < -0.39 is 18.1 Å². The Balaban J connectivity index is 2.05. The molecule has 2 N–H and O–H groups in total. The molecule has 2 heterocycles. The molecule has 2 rings (SSSR count). The lowest BCUT2D eigenvalue weighted by Gasteiger charge is -2.21. The number of hydrogen-bond donors (Lipinski definition) is 2. The summed E-state index contributed by atoms with van der Waals surface area (Å²) in [7, 11) is 0. The van der Waals surface area contributed by atoms with Crippen molar-refractivity contribution in [2.24, 2.45) is 0 Å². The number of nitrogens with one attached hydrogen (secondary N) is 1. The fourth-order valence-electron chi connectivity index (χ4n) is 2.68. The summed E-state index contributed by atoms with van der Waals surface area (Å²) in [5.41, 5.74) is 0. The highest BCUT2D eigenvalue weighted by molar-refractivity contribution is 7.12. The molecule has 0 bridgehead atoms. The number of aliphatic hydroxyl groups excluding tert-OH is 1. The van der Waals surface area contributed by atoms with Gasteiger partial charge in [-0.25, -0.2) is 4.79 Å². The number of aliphatic hydroxyl groups is 1. The van der Waals surface area contributed by atoms with Crippen LogP contribution in [0.25, 0.3) is 0 Å². The van der Waals surface area contributed by atoms with E-state index in [1.54, 1.807) is 6.92 Å². The van der Waals surface area contributed by atoms with Gasteiger partial charge in [0.05, 0.1) is 6.61 Å². The zero-order chi connectivity index (χ0) is 16.8.